The number of rotatable bonds is 3. The number of carbonyl (C=O) groups is 3. The van der Waals surface area contributed by atoms with Crippen molar-refractivity contribution < 1.29 is 19.1 Å². The lowest BCUT2D eigenvalue weighted by atomic mass is 10.1. The summed E-state index contributed by atoms with van der Waals surface area (Å²) < 4.78 is 4.72. The molecule has 0 radical (unpaired) electrons. The molecule has 0 aromatic heterocycles. The number of esters is 1. The highest BCUT2D eigenvalue weighted by molar-refractivity contribution is 6.34. The maximum absolute atomic E-state index is 13.3. The van der Waals surface area contributed by atoms with E-state index in [-0.39, 0.29) is 0 Å². The van der Waals surface area contributed by atoms with Crippen molar-refractivity contribution in [3.05, 3.63) is 41.2 Å². The van der Waals surface area contributed by atoms with Gasteiger partial charge < -0.3 is 14.5 Å². The number of hydrogen-bond donors (Lipinski definition) is 0. The Bertz CT molecular complexity index is 977. The number of nitrogens with zero attached hydrogens (tertiary/aromatic N) is 5. The average Bonchev–Trinajstić information content (AvgIpc) is 3.21. The fraction of sp³-hybridized carbons (Fsp3) is 0.368. The van der Waals surface area contributed by atoms with E-state index in [1.165, 1.54) is 18.9 Å². The summed E-state index contributed by atoms with van der Waals surface area (Å²) >= 11 is 6.38. The van der Waals surface area contributed by atoms with Gasteiger partial charge in [0.2, 0.25) is 5.96 Å². The molecule has 0 spiro atoms. The zero-order valence-corrected chi connectivity index (χ0v) is 17.1. The minimum atomic E-state index is -1.04. The Kier molecular flexibility index (Phi) is 4.49. The number of guanidine groups is 1. The van der Waals surface area contributed by atoms with Crippen molar-refractivity contribution in [1.29, 1.82) is 0 Å². The second kappa shape index (κ2) is 6.77. The molecule has 10 heteroatoms. The van der Waals surface area contributed by atoms with Crippen LogP contribution in [0.4, 0.5) is 10.5 Å². The van der Waals surface area contributed by atoms with Gasteiger partial charge in [-0.2, -0.15) is 0 Å². The Morgan fingerprint density at radius 3 is 2.62 bits per heavy atom. The first-order valence-corrected chi connectivity index (χ1v) is 9.42. The summed E-state index contributed by atoms with van der Waals surface area (Å²) in [6, 6.07) is 4.91. The van der Waals surface area contributed by atoms with Crippen LogP contribution >= 0.6 is 11.6 Å². The standard InChI is InChI=1S/C19H20ClN5O4/c1-10-9-23-14-15(21-18(23)24(10)13-8-6-5-7-12(13)20)22(3)19(28)25(16(14)26)11(2)17(27)29-4/h5-9,11,14-15H,1-4H3. The fourth-order valence-electron chi connectivity index (χ4n) is 3.88. The average molecular weight is 418 g/mol. The van der Waals surface area contributed by atoms with Gasteiger partial charge in [-0.05, 0) is 26.0 Å². The molecule has 3 aliphatic rings. The highest BCUT2D eigenvalue weighted by Crippen LogP contribution is 2.39. The largest absolute Gasteiger partial charge is 0.467 e. The van der Waals surface area contributed by atoms with Crippen LogP contribution in [0.1, 0.15) is 13.8 Å². The minimum Gasteiger partial charge on any atom is -0.467 e. The number of aliphatic imine (C=N–C) groups is 1. The van der Waals surface area contributed by atoms with Crippen molar-refractivity contribution in [3.8, 4) is 0 Å². The number of benzene rings is 1. The molecule has 3 atom stereocenters. The number of methoxy groups -OCH3 is 1. The summed E-state index contributed by atoms with van der Waals surface area (Å²) in [6.45, 7) is 3.35. The molecule has 1 aromatic rings. The third kappa shape index (κ3) is 2.68. The number of fused-ring (bicyclic) bond motifs is 3. The van der Waals surface area contributed by atoms with Gasteiger partial charge in [0.25, 0.3) is 5.91 Å². The summed E-state index contributed by atoms with van der Waals surface area (Å²) in [5, 5.41) is 0.538. The second-order valence-corrected chi connectivity index (χ2v) is 7.46. The molecule has 3 amide bonds. The maximum Gasteiger partial charge on any atom is 0.329 e. The fourth-order valence-corrected chi connectivity index (χ4v) is 4.10. The van der Waals surface area contributed by atoms with Crippen molar-refractivity contribution in [3.63, 3.8) is 0 Å². The first-order valence-electron chi connectivity index (χ1n) is 9.04. The quantitative estimate of drug-likeness (QED) is 0.697. The van der Waals surface area contributed by atoms with Gasteiger partial charge in [0.05, 0.1) is 17.8 Å². The van der Waals surface area contributed by atoms with E-state index in [9.17, 15) is 14.4 Å². The summed E-state index contributed by atoms with van der Waals surface area (Å²) in [7, 11) is 2.78. The number of ether oxygens (including phenoxy) is 1. The molecule has 3 heterocycles. The molecular weight excluding hydrogens is 398 g/mol. The Labute approximate surface area is 172 Å². The Hall–Kier alpha value is -3.07. The van der Waals surface area contributed by atoms with Crippen LogP contribution in [0.25, 0.3) is 0 Å². The van der Waals surface area contributed by atoms with Gasteiger partial charge in [-0.15, -0.1) is 0 Å². The number of carbonyl (C=O) groups excluding carboxylic acids is 3. The van der Waals surface area contributed by atoms with Gasteiger partial charge in [-0.3, -0.25) is 9.69 Å². The van der Waals surface area contributed by atoms with E-state index in [2.05, 4.69) is 4.99 Å². The highest BCUT2D eigenvalue weighted by atomic mass is 35.5. The third-order valence-corrected chi connectivity index (χ3v) is 5.68. The van der Waals surface area contributed by atoms with Gasteiger partial charge >= 0.3 is 12.0 Å². The van der Waals surface area contributed by atoms with E-state index < -0.39 is 36.2 Å². The normalized spacial score (nSPS) is 24.3. The minimum absolute atomic E-state index is 0.500. The molecule has 1 saturated heterocycles. The molecule has 0 saturated carbocycles. The smallest absolute Gasteiger partial charge is 0.329 e. The zero-order chi connectivity index (χ0) is 21.0. The van der Waals surface area contributed by atoms with Crippen LogP contribution in [0, 0.1) is 0 Å². The highest BCUT2D eigenvalue weighted by Gasteiger charge is 2.56. The number of anilines is 1. The second-order valence-electron chi connectivity index (χ2n) is 7.05. The van der Waals surface area contributed by atoms with Crippen LogP contribution in [0.15, 0.2) is 41.2 Å². The zero-order valence-electron chi connectivity index (χ0n) is 16.4. The summed E-state index contributed by atoms with van der Waals surface area (Å²) in [5.41, 5.74) is 1.55. The Balaban J connectivity index is 1.73. The lowest BCUT2D eigenvalue weighted by molar-refractivity contribution is -0.153. The number of urea groups is 1. The van der Waals surface area contributed by atoms with E-state index in [1.807, 2.05) is 30.0 Å². The Morgan fingerprint density at radius 2 is 1.97 bits per heavy atom. The van der Waals surface area contributed by atoms with Crippen LogP contribution in [0.2, 0.25) is 5.02 Å². The van der Waals surface area contributed by atoms with Crippen molar-refractivity contribution >= 4 is 41.2 Å². The van der Waals surface area contributed by atoms with E-state index in [0.29, 0.717) is 11.0 Å². The molecular formula is C19H20ClN5O4. The van der Waals surface area contributed by atoms with E-state index in [0.717, 1.165) is 16.3 Å². The van der Waals surface area contributed by atoms with Gasteiger partial charge in [-0.1, -0.05) is 23.7 Å². The van der Waals surface area contributed by atoms with Crippen molar-refractivity contribution in [2.75, 3.05) is 19.1 Å². The van der Waals surface area contributed by atoms with Crippen LogP contribution in [-0.4, -0.2) is 71.0 Å². The van der Waals surface area contributed by atoms with Crippen LogP contribution < -0.4 is 4.90 Å². The van der Waals surface area contributed by atoms with Gasteiger partial charge in [0, 0.05) is 18.9 Å². The number of amides is 3. The monoisotopic (exact) mass is 417 g/mol. The summed E-state index contributed by atoms with van der Waals surface area (Å²) in [4.78, 5) is 48.6. The number of likely N-dealkylation sites (N-methyl/N-ethyl adjacent to an activating group) is 1. The number of hydrogen-bond acceptors (Lipinski definition) is 7. The molecule has 3 unspecified atom stereocenters. The molecule has 1 aromatic carbocycles. The first kappa shape index (κ1) is 19.3. The van der Waals surface area contributed by atoms with Crippen LogP contribution in [0.5, 0.6) is 0 Å². The van der Waals surface area contributed by atoms with Gasteiger partial charge in [0.1, 0.15) is 6.04 Å². The predicted octanol–water partition coefficient (Wildman–Crippen LogP) is 1.84. The van der Waals surface area contributed by atoms with E-state index in [4.69, 9.17) is 16.3 Å². The van der Waals surface area contributed by atoms with Gasteiger partial charge in [0.15, 0.2) is 12.2 Å². The molecule has 0 bridgehead atoms. The Morgan fingerprint density at radius 1 is 1.28 bits per heavy atom. The molecule has 0 N–H and O–H groups in total. The predicted molar refractivity (Wildman–Crippen MR) is 106 cm³/mol. The van der Waals surface area contributed by atoms with Crippen molar-refractivity contribution in [2.45, 2.75) is 32.1 Å². The topological polar surface area (TPSA) is 85.8 Å². The van der Waals surface area contributed by atoms with Gasteiger partial charge in [-0.25, -0.2) is 19.5 Å². The molecule has 4 rings (SSSR count). The lowest BCUT2D eigenvalue weighted by Crippen LogP contribution is -2.67. The van der Waals surface area contributed by atoms with Crippen molar-refractivity contribution in [2.24, 2.45) is 4.99 Å². The lowest BCUT2D eigenvalue weighted by Gasteiger charge is -2.41. The first-order chi connectivity index (χ1) is 13.8. The van der Waals surface area contributed by atoms with E-state index in [1.54, 1.807) is 24.2 Å². The molecule has 0 aliphatic carbocycles. The number of allylic oxidation sites excluding steroid dienone is 1. The molecule has 1 fully saturated rings. The van der Waals surface area contributed by atoms with Crippen LogP contribution in [0.3, 0.4) is 0 Å². The molecule has 29 heavy (non-hydrogen) atoms. The van der Waals surface area contributed by atoms with Crippen molar-refractivity contribution in [1.82, 2.24) is 14.7 Å². The van der Waals surface area contributed by atoms with E-state index >= 15 is 0 Å². The summed E-state index contributed by atoms with van der Waals surface area (Å²) in [6.07, 6.45) is 1.09. The number of imide groups is 1. The SMILES string of the molecule is COC(=O)C(C)N1C(=O)C2C(N=C3N(c4ccccc4Cl)C(C)=CN32)N(C)C1=O. The maximum atomic E-state index is 13.3. The molecule has 9 nitrogen and oxygen atoms in total. The number of halogens is 1. The molecule has 3 aliphatic heterocycles. The number of para-hydroxylation sites is 1. The summed E-state index contributed by atoms with van der Waals surface area (Å²) in [5.74, 6) is -0.658. The third-order valence-electron chi connectivity index (χ3n) is 5.36. The molecule has 152 valence electrons. The van der Waals surface area contributed by atoms with Crippen LogP contribution in [-0.2, 0) is 14.3 Å².